The summed E-state index contributed by atoms with van der Waals surface area (Å²) in [5, 5.41) is 0. The van der Waals surface area contributed by atoms with Gasteiger partial charge in [0.1, 0.15) is 19.0 Å². The molecule has 15 heavy (non-hydrogen) atoms. The Kier molecular flexibility index (Phi) is 4.22. The second kappa shape index (κ2) is 5.70. The van der Waals surface area contributed by atoms with E-state index in [1.54, 1.807) is 24.3 Å². The minimum absolute atomic E-state index is 0.204. The Labute approximate surface area is 88.3 Å². The van der Waals surface area contributed by atoms with Crippen molar-refractivity contribution in [2.24, 2.45) is 0 Å². The zero-order valence-electron chi connectivity index (χ0n) is 8.31. The molecule has 0 saturated heterocycles. The first-order valence-electron chi connectivity index (χ1n) is 4.50. The maximum atomic E-state index is 10.7. The van der Waals surface area contributed by atoms with Crippen molar-refractivity contribution in [3.05, 3.63) is 36.9 Å². The molecule has 80 valence electrons. The highest BCUT2D eigenvalue weighted by molar-refractivity contribution is 5.81. The third-order valence-corrected chi connectivity index (χ3v) is 1.64. The summed E-state index contributed by atoms with van der Waals surface area (Å²) in [6, 6.07) is 6.99. The molecule has 0 aliphatic carbocycles. The Balaban J connectivity index is 2.23. The predicted molar refractivity (Wildman–Crippen MR) is 57.5 cm³/mol. The highest BCUT2D eigenvalue weighted by Gasteiger charge is 1.96. The molecule has 4 nitrogen and oxygen atoms in total. The molecular weight excluding hydrogens is 194 g/mol. The van der Waals surface area contributed by atoms with Crippen LogP contribution in [0.4, 0.5) is 5.69 Å². The van der Waals surface area contributed by atoms with Gasteiger partial charge in [0.25, 0.3) is 0 Å². The van der Waals surface area contributed by atoms with Crippen LogP contribution in [0.3, 0.4) is 0 Å². The third kappa shape index (κ3) is 4.17. The maximum absolute atomic E-state index is 10.7. The summed E-state index contributed by atoms with van der Waals surface area (Å²) in [5.41, 5.74) is 6.18. The van der Waals surface area contributed by atoms with E-state index in [1.165, 1.54) is 0 Å². The number of hydrogen-bond donors (Lipinski definition) is 1. The molecular formula is C11H13NO3. The predicted octanol–water partition coefficient (Wildman–Crippen LogP) is 1.38. The average Bonchev–Trinajstić information content (AvgIpc) is 2.26. The monoisotopic (exact) mass is 207 g/mol. The summed E-state index contributed by atoms with van der Waals surface area (Å²) in [7, 11) is 0. The lowest BCUT2D eigenvalue weighted by Gasteiger charge is -2.06. The van der Waals surface area contributed by atoms with Gasteiger partial charge in [-0.25, -0.2) is 4.79 Å². The highest BCUT2D eigenvalue weighted by Crippen LogP contribution is 2.12. The maximum Gasteiger partial charge on any atom is 0.330 e. The molecule has 4 heteroatoms. The van der Waals surface area contributed by atoms with Crippen molar-refractivity contribution < 1.29 is 14.3 Å². The van der Waals surface area contributed by atoms with Crippen molar-refractivity contribution in [1.82, 2.24) is 0 Å². The van der Waals surface area contributed by atoms with E-state index in [9.17, 15) is 4.79 Å². The Morgan fingerprint density at radius 3 is 2.60 bits per heavy atom. The van der Waals surface area contributed by atoms with E-state index in [4.69, 9.17) is 15.2 Å². The van der Waals surface area contributed by atoms with Gasteiger partial charge in [-0.3, -0.25) is 0 Å². The number of ether oxygens (including phenoxy) is 2. The molecule has 0 fully saturated rings. The van der Waals surface area contributed by atoms with Crippen LogP contribution in [-0.4, -0.2) is 19.2 Å². The van der Waals surface area contributed by atoms with Crippen molar-refractivity contribution in [2.45, 2.75) is 0 Å². The normalized spacial score (nSPS) is 9.33. The molecule has 0 radical (unpaired) electrons. The van der Waals surface area contributed by atoms with Gasteiger partial charge in [0, 0.05) is 11.8 Å². The number of hydrogen-bond acceptors (Lipinski definition) is 4. The van der Waals surface area contributed by atoms with E-state index in [-0.39, 0.29) is 6.61 Å². The minimum Gasteiger partial charge on any atom is -0.490 e. The molecule has 0 aliphatic heterocycles. The first-order chi connectivity index (χ1) is 7.22. The second-order valence-corrected chi connectivity index (χ2v) is 2.79. The average molecular weight is 207 g/mol. The van der Waals surface area contributed by atoms with Gasteiger partial charge >= 0.3 is 5.97 Å². The molecule has 0 aromatic heterocycles. The largest absolute Gasteiger partial charge is 0.490 e. The van der Waals surface area contributed by atoms with Gasteiger partial charge in [-0.05, 0) is 24.3 Å². The van der Waals surface area contributed by atoms with Crippen LogP contribution in [-0.2, 0) is 9.53 Å². The third-order valence-electron chi connectivity index (χ3n) is 1.64. The van der Waals surface area contributed by atoms with Crippen LogP contribution < -0.4 is 10.5 Å². The van der Waals surface area contributed by atoms with Gasteiger partial charge in [-0.2, -0.15) is 0 Å². The van der Waals surface area contributed by atoms with Crippen molar-refractivity contribution in [1.29, 1.82) is 0 Å². The van der Waals surface area contributed by atoms with E-state index in [0.717, 1.165) is 6.08 Å². The Hall–Kier alpha value is -1.97. The molecule has 0 saturated carbocycles. The molecule has 0 heterocycles. The van der Waals surface area contributed by atoms with E-state index < -0.39 is 5.97 Å². The van der Waals surface area contributed by atoms with E-state index in [2.05, 4.69) is 6.58 Å². The number of anilines is 1. The smallest absolute Gasteiger partial charge is 0.330 e. The second-order valence-electron chi connectivity index (χ2n) is 2.79. The molecule has 0 spiro atoms. The van der Waals surface area contributed by atoms with Crippen molar-refractivity contribution in [3.63, 3.8) is 0 Å². The lowest BCUT2D eigenvalue weighted by Crippen LogP contribution is -2.10. The number of carbonyl (C=O) groups excluding carboxylic acids is 1. The van der Waals surface area contributed by atoms with E-state index in [1.807, 2.05) is 0 Å². The van der Waals surface area contributed by atoms with Gasteiger partial charge in [0.05, 0.1) is 0 Å². The summed E-state index contributed by atoms with van der Waals surface area (Å²) >= 11 is 0. The summed E-state index contributed by atoms with van der Waals surface area (Å²) in [6.07, 6.45) is 1.11. The molecule has 1 rings (SSSR count). The van der Waals surface area contributed by atoms with Crippen LogP contribution in [0, 0.1) is 0 Å². The van der Waals surface area contributed by atoms with Gasteiger partial charge in [0.15, 0.2) is 0 Å². The quantitative estimate of drug-likeness (QED) is 0.343. The molecule has 0 bridgehead atoms. The standard InChI is InChI=1S/C11H13NO3/c1-2-11(13)15-8-7-14-10-5-3-9(12)4-6-10/h2-6H,1,7-8,12H2. The van der Waals surface area contributed by atoms with Crippen molar-refractivity contribution in [2.75, 3.05) is 18.9 Å². The van der Waals surface area contributed by atoms with Crippen molar-refractivity contribution >= 4 is 11.7 Å². The zero-order chi connectivity index (χ0) is 11.1. The van der Waals surface area contributed by atoms with Crippen LogP contribution in [0.5, 0.6) is 5.75 Å². The first kappa shape index (κ1) is 11.1. The number of esters is 1. The molecule has 0 unspecified atom stereocenters. The number of nitrogens with two attached hydrogens (primary N) is 1. The summed E-state index contributed by atoms with van der Waals surface area (Å²) in [6.45, 7) is 3.79. The summed E-state index contributed by atoms with van der Waals surface area (Å²) in [5.74, 6) is 0.245. The number of benzene rings is 1. The lowest BCUT2D eigenvalue weighted by atomic mass is 10.3. The first-order valence-corrected chi connectivity index (χ1v) is 4.50. The Morgan fingerprint density at radius 2 is 2.00 bits per heavy atom. The van der Waals surface area contributed by atoms with Gasteiger partial charge in [-0.1, -0.05) is 6.58 Å². The van der Waals surface area contributed by atoms with Crippen LogP contribution in [0.25, 0.3) is 0 Å². The Morgan fingerprint density at radius 1 is 1.33 bits per heavy atom. The molecule has 2 N–H and O–H groups in total. The number of rotatable bonds is 5. The number of carbonyl (C=O) groups is 1. The molecule has 0 aliphatic rings. The SMILES string of the molecule is C=CC(=O)OCCOc1ccc(N)cc1. The molecule has 0 atom stereocenters. The van der Waals surface area contributed by atoms with Crippen LogP contribution in [0.15, 0.2) is 36.9 Å². The van der Waals surface area contributed by atoms with Gasteiger partial charge in [-0.15, -0.1) is 0 Å². The van der Waals surface area contributed by atoms with E-state index >= 15 is 0 Å². The van der Waals surface area contributed by atoms with Gasteiger partial charge in [0.2, 0.25) is 0 Å². The Bertz CT molecular complexity index is 332. The highest BCUT2D eigenvalue weighted by atomic mass is 16.6. The fourth-order valence-corrected chi connectivity index (χ4v) is 0.925. The fraction of sp³-hybridized carbons (Fsp3) is 0.182. The van der Waals surface area contributed by atoms with Crippen LogP contribution >= 0.6 is 0 Å². The van der Waals surface area contributed by atoms with Crippen LogP contribution in [0.1, 0.15) is 0 Å². The zero-order valence-corrected chi connectivity index (χ0v) is 8.31. The molecule has 0 amide bonds. The molecule has 1 aromatic carbocycles. The summed E-state index contributed by atoms with van der Waals surface area (Å²) < 4.78 is 10.0. The topological polar surface area (TPSA) is 61.5 Å². The van der Waals surface area contributed by atoms with Crippen molar-refractivity contribution in [3.8, 4) is 5.75 Å². The number of nitrogen functional groups attached to an aromatic ring is 1. The lowest BCUT2D eigenvalue weighted by molar-refractivity contribution is -0.138. The van der Waals surface area contributed by atoms with E-state index in [0.29, 0.717) is 18.0 Å². The minimum atomic E-state index is -0.448. The summed E-state index contributed by atoms with van der Waals surface area (Å²) in [4.78, 5) is 10.7. The van der Waals surface area contributed by atoms with Gasteiger partial charge < -0.3 is 15.2 Å². The molecule has 1 aromatic rings. The fourth-order valence-electron chi connectivity index (χ4n) is 0.925. The van der Waals surface area contributed by atoms with Crippen LogP contribution in [0.2, 0.25) is 0 Å².